The van der Waals surface area contributed by atoms with Gasteiger partial charge in [0.2, 0.25) is 0 Å². The highest BCUT2D eigenvalue weighted by atomic mass is 32.2. The van der Waals surface area contributed by atoms with Gasteiger partial charge in [-0.05, 0) is 44.5 Å². The standard InChI is InChI=1S/C24H22FN3O2S/c1-4-30-23(29)24(2,3)31-22-20-19(16-9-6-5-7-10-16)14-28(21(20)26-15-27-22)18-12-8-11-17(25)13-18/h5-15H,4H2,1-3H3. The molecule has 0 saturated heterocycles. The predicted octanol–water partition coefficient (Wildman–Crippen LogP) is 5.66. The monoisotopic (exact) mass is 435 g/mol. The van der Waals surface area contributed by atoms with Gasteiger partial charge in [-0.25, -0.2) is 14.4 Å². The van der Waals surface area contributed by atoms with Crippen LogP contribution in [0, 0.1) is 5.82 Å². The fourth-order valence-corrected chi connectivity index (χ4v) is 4.39. The summed E-state index contributed by atoms with van der Waals surface area (Å²) in [6.07, 6.45) is 3.40. The average molecular weight is 436 g/mol. The van der Waals surface area contributed by atoms with Gasteiger partial charge >= 0.3 is 5.97 Å². The molecule has 158 valence electrons. The van der Waals surface area contributed by atoms with Crippen molar-refractivity contribution in [1.29, 1.82) is 0 Å². The van der Waals surface area contributed by atoms with E-state index in [0.29, 0.717) is 23.0 Å². The third-order valence-electron chi connectivity index (χ3n) is 4.84. The molecule has 0 unspecified atom stereocenters. The number of benzene rings is 2. The minimum Gasteiger partial charge on any atom is -0.465 e. The molecule has 2 heterocycles. The Morgan fingerprint density at radius 2 is 1.90 bits per heavy atom. The molecule has 31 heavy (non-hydrogen) atoms. The molecule has 0 N–H and O–H groups in total. The Morgan fingerprint density at radius 1 is 1.13 bits per heavy atom. The predicted molar refractivity (Wildman–Crippen MR) is 121 cm³/mol. The van der Waals surface area contributed by atoms with Crippen LogP contribution in [0.15, 0.2) is 72.1 Å². The van der Waals surface area contributed by atoms with E-state index in [2.05, 4.69) is 9.97 Å². The Balaban J connectivity index is 1.94. The van der Waals surface area contributed by atoms with E-state index in [1.54, 1.807) is 13.0 Å². The van der Waals surface area contributed by atoms with Crippen LogP contribution >= 0.6 is 11.8 Å². The first-order valence-corrected chi connectivity index (χ1v) is 10.8. The zero-order valence-electron chi connectivity index (χ0n) is 17.5. The lowest BCUT2D eigenvalue weighted by Gasteiger charge is -2.21. The van der Waals surface area contributed by atoms with E-state index >= 15 is 0 Å². The number of hydrogen-bond donors (Lipinski definition) is 0. The summed E-state index contributed by atoms with van der Waals surface area (Å²) in [4.78, 5) is 21.5. The number of nitrogens with zero attached hydrogens (tertiary/aromatic N) is 3. The van der Waals surface area contributed by atoms with E-state index in [4.69, 9.17) is 4.74 Å². The Bertz CT molecular complexity index is 1240. The lowest BCUT2D eigenvalue weighted by Crippen LogP contribution is -2.30. The minimum atomic E-state index is -0.841. The van der Waals surface area contributed by atoms with E-state index < -0.39 is 4.75 Å². The lowest BCUT2D eigenvalue weighted by atomic mass is 10.1. The molecule has 0 atom stereocenters. The van der Waals surface area contributed by atoms with Crippen molar-refractivity contribution >= 4 is 28.8 Å². The lowest BCUT2D eigenvalue weighted by molar-refractivity contribution is -0.145. The van der Waals surface area contributed by atoms with Gasteiger partial charge in [0.25, 0.3) is 0 Å². The summed E-state index contributed by atoms with van der Waals surface area (Å²) in [6.45, 7) is 5.73. The SMILES string of the molecule is CCOC(=O)C(C)(C)Sc1ncnc2c1c(-c1ccccc1)cn2-c1cccc(F)c1. The molecule has 4 aromatic rings. The first-order chi connectivity index (χ1) is 14.9. The molecule has 5 nitrogen and oxygen atoms in total. The van der Waals surface area contributed by atoms with Gasteiger partial charge in [-0.15, -0.1) is 0 Å². The van der Waals surface area contributed by atoms with Crippen molar-refractivity contribution in [3.8, 4) is 16.8 Å². The second kappa shape index (κ2) is 8.51. The van der Waals surface area contributed by atoms with Gasteiger partial charge in [-0.2, -0.15) is 0 Å². The summed E-state index contributed by atoms with van der Waals surface area (Å²) in [7, 11) is 0. The zero-order valence-corrected chi connectivity index (χ0v) is 18.3. The summed E-state index contributed by atoms with van der Waals surface area (Å²) >= 11 is 1.33. The van der Waals surface area contributed by atoms with Gasteiger partial charge in [0.1, 0.15) is 27.6 Å². The van der Waals surface area contributed by atoms with E-state index in [9.17, 15) is 9.18 Å². The number of rotatable bonds is 6. The largest absolute Gasteiger partial charge is 0.465 e. The Morgan fingerprint density at radius 3 is 2.61 bits per heavy atom. The fraction of sp³-hybridized carbons (Fsp3) is 0.208. The zero-order chi connectivity index (χ0) is 22.0. The normalized spacial score (nSPS) is 11.6. The molecular formula is C24H22FN3O2S. The van der Waals surface area contributed by atoms with Crippen molar-refractivity contribution in [2.75, 3.05) is 6.61 Å². The van der Waals surface area contributed by atoms with Crippen molar-refractivity contribution in [2.45, 2.75) is 30.5 Å². The van der Waals surface area contributed by atoms with Gasteiger partial charge in [-0.3, -0.25) is 4.79 Å². The van der Waals surface area contributed by atoms with Crippen LogP contribution in [0.1, 0.15) is 20.8 Å². The first-order valence-electron chi connectivity index (χ1n) is 9.94. The molecule has 0 aliphatic heterocycles. The van der Waals surface area contributed by atoms with Crippen molar-refractivity contribution < 1.29 is 13.9 Å². The van der Waals surface area contributed by atoms with Crippen LogP contribution in [0.5, 0.6) is 0 Å². The second-order valence-electron chi connectivity index (χ2n) is 7.47. The molecule has 2 aromatic carbocycles. The summed E-state index contributed by atoms with van der Waals surface area (Å²) in [6, 6.07) is 16.2. The van der Waals surface area contributed by atoms with Crippen LogP contribution < -0.4 is 0 Å². The number of halogens is 1. The Kier molecular flexibility index (Phi) is 5.78. The fourth-order valence-electron chi connectivity index (χ4n) is 3.36. The quantitative estimate of drug-likeness (QED) is 0.222. The summed E-state index contributed by atoms with van der Waals surface area (Å²) in [5, 5.41) is 1.47. The maximum Gasteiger partial charge on any atom is 0.322 e. The summed E-state index contributed by atoms with van der Waals surface area (Å²) in [5.74, 6) is -0.634. The molecule has 0 fully saturated rings. The number of aromatic nitrogens is 3. The van der Waals surface area contributed by atoms with Crippen LogP contribution in [-0.2, 0) is 9.53 Å². The maximum absolute atomic E-state index is 13.9. The molecule has 4 rings (SSSR count). The highest BCUT2D eigenvalue weighted by molar-refractivity contribution is 8.01. The second-order valence-corrected chi connectivity index (χ2v) is 9.08. The van der Waals surface area contributed by atoms with Crippen LogP contribution in [-0.4, -0.2) is 31.9 Å². The van der Waals surface area contributed by atoms with E-state index in [-0.39, 0.29) is 11.8 Å². The third-order valence-corrected chi connectivity index (χ3v) is 6.02. The van der Waals surface area contributed by atoms with E-state index in [1.165, 1.54) is 30.2 Å². The Labute approximate surface area is 184 Å². The van der Waals surface area contributed by atoms with Crippen LogP contribution in [0.3, 0.4) is 0 Å². The van der Waals surface area contributed by atoms with Crippen molar-refractivity contribution in [3.63, 3.8) is 0 Å². The number of hydrogen-bond acceptors (Lipinski definition) is 5. The number of esters is 1. The molecular weight excluding hydrogens is 413 g/mol. The molecule has 0 bridgehead atoms. The van der Waals surface area contributed by atoms with Gasteiger partial charge in [0.05, 0.1) is 12.0 Å². The van der Waals surface area contributed by atoms with Crippen LogP contribution in [0.4, 0.5) is 4.39 Å². The number of ether oxygens (including phenoxy) is 1. The molecule has 0 saturated carbocycles. The Hall–Kier alpha value is -3.19. The maximum atomic E-state index is 13.9. The van der Waals surface area contributed by atoms with Crippen molar-refractivity contribution in [1.82, 2.24) is 14.5 Å². The van der Waals surface area contributed by atoms with E-state index in [0.717, 1.165) is 16.5 Å². The van der Waals surface area contributed by atoms with Crippen molar-refractivity contribution in [3.05, 3.63) is 72.9 Å². The minimum absolute atomic E-state index is 0.308. The number of carbonyl (C=O) groups excluding carboxylic acids is 1. The third kappa shape index (κ3) is 4.18. The van der Waals surface area contributed by atoms with Gasteiger partial charge < -0.3 is 9.30 Å². The smallest absolute Gasteiger partial charge is 0.322 e. The number of fused-ring (bicyclic) bond motifs is 1. The topological polar surface area (TPSA) is 57.0 Å². The van der Waals surface area contributed by atoms with E-state index in [1.807, 2.05) is 61.0 Å². The number of carbonyl (C=O) groups is 1. The summed E-state index contributed by atoms with van der Waals surface area (Å²) < 4.78 is 20.2. The molecule has 0 aliphatic rings. The summed E-state index contributed by atoms with van der Waals surface area (Å²) in [5.41, 5.74) is 3.18. The molecule has 0 aliphatic carbocycles. The average Bonchev–Trinajstić information content (AvgIpc) is 3.15. The van der Waals surface area contributed by atoms with Gasteiger partial charge in [0.15, 0.2) is 0 Å². The molecule has 7 heteroatoms. The molecule has 0 spiro atoms. The first kappa shape index (κ1) is 21.1. The van der Waals surface area contributed by atoms with Gasteiger partial charge in [-0.1, -0.05) is 48.2 Å². The molecule has 0 radical (unpaired) electrons. The molecule has 0 amide bonds. The van der Waals surface area contributed by atoms with Crippen molar-refractivity contribution in [2.24, 2.45) is 0 Å². The highest BCUT2D eigenvalue weighted by Gasteiger charge is 2.33. The molecule has 2 aromatic heterocycles. The van der Waals surface area contributed by atoms with Crippen LogP contribution in [0.25, 0.3) is 27.8 Å². The number of thioether (sulfide) groups is 1. The van der Waals surface area contributed by atoms with Gasteiger partial charge in [0, 0.05) is 17.4 Å². The van der Waals surface area contributed by atoms with Crippen LogP contribution in [0.2, 0.25) is 0 Å². The highest BCUT2D eigenvalue weighted by Crippen LogP contribution is 2.41.